The molecule has 33 N–H and O–H groups in total. The van der Waals surface area contributed by atoms with Crippen molar-refractivity contribution in [2.24, 2.45) is 57.3 Å². The molecule has 0 aliphatic heterocycles. The molecule has 0 aromatic rings. The van der Waals surface area contributed by atoms with Crippen molar-refractivity contribution in [3.8, 4) is 0 Å². The molecule has 0 radical (unpaired) electrons. The first kappa shape index (κ1) is 151. The maximum atomic E-state index is 11.2. The Kier molecular flexibility index (Phi) is 116. The molecule has 746 valence electrons. The molecule has 64 heteroatoms. The monoisotopic (exact) mass is 1990 g/mol. The Hall–Kier alpha value is -7.27. The third kappa shape index (κ3) is 202. The van der Waals surface area contributed by atoms with Gasteiger partial charge in [0.25, 0.3) is 50.6 Å². The van der Waals surface area contributed by atoms with Gasteiger partial charge in [-0.25, -0.2) is 0 Å². The number of carboxylic acids is 2. The minimum Gasteiger partial charge on any atom is -0.481 e. The number of amides is 6. The number of nitrogens with one attached hydrogen (secondary N) is 6. The summed E-state index contributed by atoms with van der Waals surface area (Å²) in [5, 5.41) is 31.0. The Morgan fingerprint density at radius 3 is 0.903 bits per heavy atom. The number of hydrogen-bond donors (Lipinski definition) is 23. The highest BCUT2D eigenvalue weighted by Gasteiger charge is 2.19. The van der Waals surface area contributed by atoms with Crippen LogP contribution in [-0.4, -0.2) is 308 Å². The van der Waals surface area contributed by atoms with Crippen LogP contribution in [-0.2, 0) is 141 Å². The van der Waals surface area contributed by atoms with E-state index in [9.17, 15) is 90.0 Å². The number of carboxylic acid groups (broad SMARTS) is 2. The zero-order chi connectivity index (χ0) is 101. The first-order valence-electron chi connectivity index (χ1n) is 35.8. The molecule has 0 saturated heterocycles. The summed E-state index contributed by atoms with van der Waals surface area (Å²) in [5.74, 6) is -6.38. The van der Waals surface area contributed by atoms with Crippen LogP contribution in [0.2, 0.25) is 0 Å². The third-order valence-corrected chi connectivity index (χ3v) is 15.2. The lowest BCUT2D eigenvalue weighted by Crippen LogP contribution is -2.41. The lowest BCUT2D eigenvalue weighted by Gasteiger charge is -2.08. The summed E-state index contributed by atoms with van der Waals surface area (Å²) < 4.78 is 245. The normalized spacial score (nSPS) is 12.2. The molecule has 0 aromatic heterocycles. The third-order valence-electron chi connectivity index (χ3n) is 11.7. The molecule has 55 nitrogen and oxygen atoms in total. The Balaban J connectivity index is -0.0000000809. The quantitative estimate of drug-likeness (QED) is 0.0253. The summed E-state index contributed by atoms with van der Waals surface area (Å²) in [5.41, 5.74) is 53.4. The molecule has 124 heavy (non-hydrogen) atoms. The van der Waals surface area contributed by atoms with Gasteiger partial charge in [0.2, 0.25) is 35.4 Å². The van der Waals surface area contributed by atoms with Gasteiger partial charge in [-0.15, -0.1) is 50.5 Å². The SMILES string of the molecule is C.CC(C)N.CC(N)CC(=O)NCS(=O)(=O)O.CC(N)CCC(=O)NCCS(=O)(=O)O.CC(N)CCS(=O)(=O)O.CCC(N)C(=O)NC.CCC(N)C(=O)NCCS(=O)(=O)O.CCC(N)CCC(=O)NC.CCCCC(=O)C(N)CCC(=O)O.CCNC(=O)CC(C)N.NC(CCC(=O)O)C(=O)CCS(=O)(=O)O.O=S(=O)=O.O=S(=O)=O.O=S(=O)=O.O=S(=O)=O. The average Bonchev–Trinajstić information content (AvgIpc) is 0.944. The predicted octanol–water partition coefficient (Wildman–Crippen LogP) is -7.34. The molecule has 0 heterocycles. The molecular formula is C60H138N16O39S9. The van der Waals surface area contributed by atoms with Crippen molar-refractivity contribution in [1.82, 2.24) is 31.9 Å². The van der Waals surface area contributed by atoms with Gasteiger partial charge in [-0.2, -0.15) is 42.1 Å². The van der Waals surface area contributed by atoms with Gasteiger partial charge in [0.15, 0.2) is 5.78 Å². The minimum absolute atomic E-state index is 0. The maximum absolute atomic E-state index is 11.2. The van der Waals surface area contributed by atoms with Crippen molar-refractivity contribution in [2.45, 2.75) is 260 Å². The fourth-order valence-corrected chi connectivity index (χ4v) is 7.86. The number of likely N-dealkylation sites (N-methyl/N-ethyl adjacent to an activating group) is 1. The van der Waals surface area contributed by atoms with Gasteiger partial charge in [-0.1, -0.05) is 55.4 Å². The van der Waals surface area contributed by atoms with Crippen LogP contribution >= 0.6 is 0 Å². The van der Waals surface area contributed by atoms with E-state index in [2.05, 4.69) is 26.6 Å². The van der Waals surface area contributed by atoms with Crippen molar-refractivity contribution >= 4 is 152 Å². The van der Waals surface area contributed by atoms with E-state index in [4.69, 9.17) is 141 Å². The van der Waals surface area contributed by atoms with E-state index in [-0.39, 0.29) is 130 Å². The molecule has 0 aromatic carbocycles. The second-order valence-corrected chi connectivity index (χ2v) is 34.0. The molecule has 0 aliphatic carbocycles. The largest absolute Gasteiger partial charge is 0.481 e. The van der Waals surface area contributed by atoms with E-state index in [0.717, 1.165) is 25.7 Å². The van der Waals surface area contributed by atoms with E-state index >= 15 is 0 Å². The highest BCUT2D eigenvalue weighted by atomic mass is 32.2. The number of unbranched alkanes of at least 4 members (excludes halogenated alkanes) is 1. The average molecular weight is 2000 g/mol. The van der Waals surface area contributed by atoms with Crippen LogP contribution in [0.25, 0.3) is 0 Å². The summed E-state index contributed by atoms with van der Waals surface area (Å²) in [4.78, 5) is 107. The van der Waals surface area contributed by atoms with Gasteiger partial charge in [0.1, 0.15) is 11.7 Å². The van der Waals surface area contributed by atoms with Gasteiger partial charge in [0.05, 0.1) is 47.2 Å². The van der Waals surface area contributed by atoms with Crippen LogP contribution in [0, 0.1) is 0 Å². The molecule has 0 spiro atoms. The molecule has 0 fully saturated rings. The Labute approximate surface area is 732 Å². The zero-order valence-corrected chi connectivity index (χ0v) is 78.1. The molecule has 0 aliphatic rings. The molecule has 0 bridgehead atoms. The van der Waals surface area contributed by atoms with E-state index in [1.165, 1.54) is 0 Å². The predicted molar refractivity (Wildman–Crippen MR) is 453 cm³/mol. The molecule has 0 rings (SSSR count). The fourth-order valence-electron chi connectivity index (χ4n) is 5.67. The Bertz CT molecular complexity index is 3830. The number of aliphatic carboxylic acids is 2. The van der Waals surface area contributed by atoms with Gasteiger partial charge >= 0.3 is 54.4 Å². The number of hydrogen-bond acceptors (Lipinski definition) is 42. The van der Waals surface area contributed by atoms with Crippen LogP contribution in [0.15, 0.2) is 0 Å². The van der Waals surface area contributed by atoms with Gasteiger partial charge in [-0.3, -0.25) is 70.7 Å². The van der Waals surface area contributed by atoms with Crippen LogP contribution in [0.1, 0.15) is 199 Å². The van der Waals surface area contributed by atoms with Gasteiger partial charge in [0, 0.05) is 115 Å². The standard InChI is InChI=1S/C9H17NO3.C7H16N2O4S.C7H16N2O.C7H13NO6S.C6H14N2O4S.C6H14N2O.C5H12N2O4S.C5H12N2O.C4H11NO3S.C3H9N.CH4.4O3S/c1-2-3-4-8(11)7(10)5-6-9(12)13;1-6(8)2-3-7(10)9-4-5-14(11,12)13;1-3-6(8)4-5-7(10)9-2;8-5(1-2-7(10)11)6(9)3-4-15(12,13)14;1-2-5(7)6(9)8-3-4-13(10,11)12;1-3-8-6(9)4-5(2)7;1-4(6)2-5(8)7-3-12(9,10)11;1-3-4(6)5(8)7-2;1-4(5)2-3-9(6,7)8;1-3(2)4;;4*1-4(2)3/h7H,2-6,10H2,1H3,(H,12,13);6H,2-5,8H2,1H3,(H,9,10)(H,11,12,13);6H,3-5,8H2,1-2H3,(H,9,10);5H,1-4,8H2,(H,10,11)(H,12,13,14);5H,2-4,7H2,1H3,(H,8,9)(H,10,11,12);5H,3-4,7H2,1-2H3,(H,8,9);4H,2-3,6H2,1H3,(H,7,8)(H,9,10,11);4H,3,6H2,1-2H3,(H,7,8);4H,2-3,5H2,1H3,(H,6,7,8);3H,4H2,1-2H3;1H4;;;;. The van der Waals surface area contributed by atoms with Crippen molar-refractivity contribution in [2.75, 3.05) is 62.6 Å². The summed E-state index contributed by atoms with van der Waals surface area (Å²) >= 11 is 0. The Morgan fingerprint density at radius 1 is 0.339 bits per heavy atom. The van der Waals surface area contributed by atoms with Crippen LogP contribution in [0.5, 0.6) is 0 Å². The van der Waals surface area contributed by atoms with Crippen LogP contribution in [0.4, 0.5) is 0 Å². The van der Waals surface area contributed by atoms with Crippen molar-refractivity contribution < 1.29 is 174 Å². The zero-order valence-electron chi connectivity index (χ0n) is 70.8. The summed E-state index contributed by atoms with van der Waals surface area (Å²) in [6.07, 6.45) is 6.82. The minimum atomic E-state index is -4.18. The second kappa shape index (κ2) is 94.9. The summed E-state index contributed by atoms with van der Waals surface area (Å²) in [6.45, 7) is 20.8. The number of nitrogens with two attached hydrogens (primary N) is 10. The highest BCUT2D eigenvalue weighted by Crippen LogP contribution is 2.04. The highest BCUT2D eigenvalue weighted by molar-refractivity contribution is 7.86. The maximum Gasteiger partial charge on any atom is 0.425 e. The smallest absolute Gasteiger partial charge is 0.425 e. The fraction of sp³-hybridized carbons (Fsp3) is 0.833. The molecule has 9 unspecified atom stereocenters. The summed E-state index contributed by atoms with van der Waals surface area (Å²) in [7, 11) is -29.3. The number of Topliss-reactive ketones (excluding diaryl/α,β-unsaturated/α-hetero) is 2. The Morgan fingerprint density at radius 2 is 0.653 bits per heavy atom. The topological polar surface area (TPSA) is 1020 Å². The van der Waals surface area contributed by atoms with Crippen LogP contribution in [0.3, 0.4) is 0 Å². The van der Waals surface area contributed by atoms with Crippen molar-refractivity contribution in [3.63, 3.8) is 0 Å². The summed E-state index contributed by atoms with van der Waals surface area (Å²) in [6, 6.07) is -2.62. The first-order chi connectivity index (χ1) is 55.4. The van der Waals surface area contributed by atoms with Gasteiger partial charge < -0.3 is 99.5 Å². The van der Waals surface area contributed by atoms with Gasteiger partial charge in [-0.05, 0) is 98.4 Å². The van der Waals surface area contributed by atoms with E-state index in [1.807, 2.05) is 53.8 Å². The molecule has 9 atom stereocenters. The van der Waals surface area contributed by atoms with Crippen molar-refractivity contribution in [1.29, 1.82) is 0 Å². The number of rotatable bonds is 41. The lowest BCUT2D eigenvalue weighted by atomic mass is 10.0. The lowest BCUT2D eigenvalue weighted by molar-refractivity contribution is -0.138. The van der Waals surface area contributed by atoms with E-state index in [1.54, 1.807) is 41.8 Å². The van der Waals surface area contributed by atoms with Crippen LogP contribution < -0.4 is 89.2 Å². The first-order valence-corrected chi connectivity index (χ1v) is 47.9. The van der Waals surface area contributed by atoms with E-state index in [0.29, 0.717) is 57.5 Å². The molecule has 6 amide bonds. The molecule has 0 saturated carbocycles. The molecular weight excluding hydrogens is 1860 g/mol. The second-order valence-electron chi connectivity index (χ2n) is 24.7. The van der Waals surface area contributed by atoms with Crippen molar-refractivity contribution in [3.05, 3.63) is 0 Å². The van der Waals surface area contributed by atoms with E-state index < -0.39 is 170 Å². The number of carbonyl (C=O) groups is 10. The number of ketones is 2. The number of carbonyl (C=O) groups excluding carboxylic acids is 8.